The van der Waals surface area contributed by atoms with Crippen molar-refractivity contribution < 1.29 is 9.90 Å². The SMILES string of the molecule is CC1CCCC(CC(=O)O)(N(C)C)C1. The summed E-state index contributed by atoms with van der Waals surface area (Å²) in [6.07, 6.45) is 4.73. The summed E-state index contributed by atoms with van der Waals surface area (Å²) < 4.78 is 0. The molecule has 0 aromatic carbocycles. The molecule has 2 unspecified atom stereocenters. The van der Waals surface area contributed by atoms with Gasteiger partial charge in [-0.05, 0) is 32.9 Å². The standard InChI is InChI=1S/C11H21NO2/c1-9-5-4-6-11(7-9,12(2)3)8-10(13)14/h9H,4-8H2,1-3H3,(H,13,14). The van der Waals surface area contributed by atoms with Gasteiger partial charge in [0.1, 0.15) is 0 Å². The second kappa shape index (κ2) is 4.30. The summed E-state index contributed by atoms with van der Waals surface area (Å²) in [6, 6.07) is 0. The Hall–Kier alpha value is -0.570. The molecule has 1 rings (SSSR count). The zero-order chi connectivity index (χ0) is 10.8. The van der Waals surface area contributed by atoms with Gasteiger partial charge in [0, 0.05) is 5.54 Å². The molecule has 0 aromatic heterocycles. The maximum atomic E-state index is 10.9. The molecule has 0 spiro atoms. The molecule has 2 atom stereocenters. The van der Waals surface area contributed by atoms with Crippen molar-refractivity contribution in [3.05, 3.63) is 0 Å². The lowest BCUT2D eigenvalue weighted by Gasteiger charge is -2.44. The fourth-order valence-electron chi connectivity index (χ4n) is 2.64. The van der Waals surface area contributed by atoms with Gasteiger partial charge in [-0.3, -0.25) is 4.79 Å². The quantitative estimate of drug-likeness (QED) is 0.755. The zero-order valence-electron chi connectivity index (χ0n) is 9.42. The molecule has 1 aliphatic rings. The van der Waals surface area contributed by atoms with E-state index in [-0.39, 0.29) is 12.0 Å². The van der Waals surface area contributed by atoms with E-state index in [9.17, 15) is 4.79 Å². The molecule has 14 heavy (non-hydrogen) atoms. The molecule has 82 valence electrons. The molecule has 0 aromatic rings. The average Bonchev–Trinajstić information content (AvgIpc) is 2.02. The lowest BCUT2D eigenvalue weighted by molar-refractivity contribution is -0.141. The minimum absolute atomic E-state index is 0.0938. The van der Waals surface area contributed by atoms with E-state index >= 15 is 0 Å². The Morgan fingerprint density at radius 1 is 1.57 bits per heavy atom. The summed E-state index contributed by atoms with van der Waals surface area (Å²) in [5.74, 6) is -0.0155. The first kappa shape index (κ1) is 11.5. The summed E-state index contributed by atoms with van der Waals surface area (Å²) >= 11 is 0. The van der Waals surface area contributed by atoms with E-state index in [1.807, 2.05) is 14.1 Å². The highest BCUT2D eigenvalue weighted by atomic mass is 16.4. The molecule has 0 bridgehead atoms. The molecule has 0 radical (unpaired) electrons. The molecule has 1 saturated carbocycles. The maximum absolute atomic E-state index is 10.9. The van der Waals surface area contributed by atoms with Gasteiger partial charge in [-0.1, -0.05) is 19.8 Å². The number of hydrogen-bond acceptors (Lipinski definition) is 2. The van der Waals surface area contributed by atoms with E-state index in [1.54, 1.807) is 0 Å². The Morgan fingerprint density at radius 3 is 2.64 bits per heavy atom. The summed E-state index contributed by atoms with van der Waals surface area (Å²) in [6.45, 7) is 2.22. The van der Waals surface area contributed by atoms with Gasteiger partial charge in [-0.2, -0.15) is 0 Å². The number of aliphatic carboxylic acids is 1. The number of carbonyl (C=O) groups is 1. The highest BCUT2D eigenvalue weighted by Crippen LogP contribution is 2.37. The van der Waals surface area contributed by atoms with Crippen LogP contribution in [0.2, 0.25) is 0 Å². The predicted octanol–water partition coefficient (Wildman–Crippen LogP) is 1.97. The third-order valence-corrected chi connectivity index (χ3v) is 3.50. The molecule has 0 amide bonds. The largest absolute Gasteiger partial charge is 0.481 e. The van der Waals surface area contributed by atoms with E-state index in [0.29, 0.717) is 5.92 Å². The topological polar surface area (TPSA) is 40.5 Å². The Kier molecular flexibility index (Phi) is 3.53. The van der Waals surface area contributed by atoms with Crippen molar-refractivity contribution in [2.75, 3.05) is 14.1 Å². The second-order valence-corrected chi connectivity index (χ2v) is 4.89. The van der Waals surface area contributed by atoms with Crippen molar-refractivity contribution in [2.24, 2.45) is 5.92 Å². The highest BCUT2D eigenvalue weighted by Gasteiger charge is 2.38. The second-order valence-electron chi connectivity index (χ2n) is 4.89. The van der Waals surface area contributed by atoms with Crippen LogP contribution >= 0.6 is 0 Å². The Morgan fingerprint density at radius 2 is 2.21 bits per heavy atom. The smallest absolute Gasteiger partial charge is 0.305 e. The average molecular weight is 199 g/mol. The van der Waals surface area contributed by atoms with E-state index in [4.69, 9.17) is 5.11 Å². The van der Waals surface area contributed by atoms with Gasteiger partial charge in [0.25, 0.3) is 0 Å². The van der Waals surface area contributed by atoms with E-state index in [2.05, 4.69) is 11.8 Å². The van der Waals surface area contributed by atoms with Gasteiger partial charge in [0.15, 0.2) is 0 Å². The molecule has 0 aliphatic heterocycles. The van der Waals surface area contributed by atoms with Crippen LogP contribution in [0.15, 0.2) is 0 Å². The highest BCUT2D eigenvalue weighted by molar-refractivity contribution is 5.68. The monoisotopic (exact) mass is 199 g/mol. The van der Waals surface area contributed by atoms with Crippen molar-refractivity contribution >= 4 is 5.97 Å². The number of rotatable bonds is 3. The first-order valence-corrected chi connectivity index (χ1v) is 5.35. The van der Waals surface area contributed by atoms with Gasteiger partial charge in [-0.15, -0.1) is 0 Å². The van der Waals surface area contributed by atoms with Crippen molar-refractivity contribution in [2.45, 2.75) is 44.6 Å². The summed E-state index contributed by atoms with van der Waals surface area (Å²) in [7, 11) is 4.00. The minimum atomic E-state index is -0.673. The van der Waals surface area contributed by atoms with Crippen LogP contribution in [0, 0.1) is 5.92 Å². The molecule has 1 aliphatic carbocycles. The molecular formula is C11H21NO2. The molecule has 0 saturated heterocycles. The number of hydrogen-bond donors (Lipinski definition) is 1. The molecule has 0 heterocycles. The van der Waals surface area contributed by atoms with Crippen LogP contribution < -0.4 is 0 Å². The maximum Gasteiger partial charge on any atom is 0.305 e. The van der Waals surface area contributed by atoms with Gasteiger partial charge in [0.2, 0.25) is 0 Å². The fourth-order valence-corrected chi connectivity index (χ4v) is 2.64. The third-order valence-electron chi connectivity index (χ3n) is 3.50. The van der Waals surface area contributed by atoms with Crippen molar-refractivity contribution in [3.63, 3.8) is 0 Å². The Labute approximate surface area is 86.1 Å². The van der Waals surface area contributed by atoms with Crippen LogP contribution in [0.25, 0.3) is 0 Å². The number of carboxylic acids is 1. The normalized spacial score (nSPS) is 33.3. The molecule has 1 N–H and O–H groups in total. The van der Waals surface area contributed by atoms with Crippen LogP contribution in [0.1, 0.15) is 39.0 Å². The van der Waals surface area contributed by atoms with Crippen molar-refractivity contribution in [3.8, 4) is 0 Å². The summed E-state index contributed by atoms with van der Waals surface area (Å²) in [5.41, 5.74) is -0.0938. The van der Waals surface area contributed by atoms with E-state index in [0.717, 1.165) is 19.3 Å². The zero-order valence-corrected chi connectivity index (χ0v) is 9.42. The van der Waals surface area contributed by atoms with Gasteiger partial charge in [0.05, 0.1) is 6.42 Å². The van der Waals surface area contributed by atoms with Crippen LogP contribution in [-0.2, 0) is 4.79 Å². The first-order chi connectivity index (χ1) is 6.46. The third kappa shape index (κ3) is 2.47. The van der Waals surface area contributed by atoms with Crippen LogP contribution in [0.3, 0.4) is 0 Å². The van der Waals surface area contributed by atoms with Gasteiger partial charge < -0.3 is 10.0 Å². The Balaban J connectivity index is 2.74. The van der Waals surface area contributed by atoms with Crippen molar-refractivity contribution in [1.82, 2.24) is 4.90 Å². The van der Waals surface area contributed by atoms with E-state index in [1.165, 1.54) is 6.42 Å². The molecular weight excluding hydrogens is 178 g/mol. The van der Waals surface area contributed by atoms with Crippen LogP contribution in [0.5, 0.6) is 0 Å². The fraction of sp³-hybridized carbons (Fsp3) is 0.909. The Bertz CT molecular complexity index is 215. The van der Waals surface area contributed by atoms with E-state index < -0.39 is 5.97 Å². The lowest BCUT2D eigenvalue weighted by Crippen LogP contribution is -2.49. The van der Waals surface area contributed by atoms with Crippen molar-refractivity contribution in [1.29, 1.82) is 0 Å². The molecule has 3 heteroatoms. The number of nitrogens with zero attached hydrogens (tertiary/aromatic N) is 1. The first-order valence-electron chi connectivity index (χ1n) is 5.35. The molecule has 3 nitrogen and oxygen atoms in total. The van der Waals surface area contributed by atoms with Gasteiger partial charge >= 0.3 is 5.97 Å². The minimum Gasteiger partial charge on any atom is -0.481 e. The van der Waals surface area contributed by atoms with Crippen LogP contribution in [-0.4, -0.2) is 35.6 Å². The molecule has 1 fully saturated rings. The van der Waals surface area contributed by atoms with Crippen LogP contribution in [0.4, 0.5) is 0 Å². The summed E-state index contributed by atoms with van der Waals surface area (Å²) in [4.78, 5) is 13.0. The van der Waals surface area contributed by atoms with Gasteiger partial charge in [-0.25, -0.2) is 0 Å². The lowest BCUT2D eigenvalue weighted by atomic mass is 9.74. The number of carboxylic acid groups (broad SMARTS) is 1. The predicted molar refractivity (Wildman–Crippen MR) is 56.3 cm³/mol. The summed E-state index contributed by atoms with van der Waals surface area (Å²) in [5, 5.41) is 8.94.